The van der Waals surface area contributed by atoms with Crippen LogP contribution in [0, 0.1) is 12.7 Å². The fraction of sp³-hybridized carbons (Fsp3) is 0.273. The van der Waals surface area contributed by atoms with E-state index in [-0.39, 0.29) is 11.9 Å². The van der Waals surface area contributed by atoms with Crippen molar-refractivity contribution < 1.29 is 4.39 Å². The first-order valence-corrected chi connectivity index (χ1v) is 5.02. The Hall–Kier alpha value is -1.75. The maximum Gasteiger partial charge on any atom is 0.181 e. The molecule has 0 saturated carbocycles. The minimum absolute atomic E-state index is 0.193. The molecule has 5 heteroatoms. The van der Waals surface area contributed by atoms with E-state index in [0.29, 0.717) is 11.6 Å². The molecular weight excluding hydrogens is 207 g/mol. The Morgan fingerprint density at radius 1 is 1.44 bits per heavy atom. The van der Waals surface area contributed by atoms with Crippen molar-refractivity contribution in [3.05, 3.63) is 35.4 Å². The predicted molar refractivity (Wildman–Crippen MR) is 59.1 cm³/mol. The van der Waals surface area contributed by atoms with E-state index in [2.05, 4.69) is 15.2 Å². The largest absolute Gasteiger partial charge is 0.322 e. The van der Waals surface area contributed by atoms with E-state index in [1.165, 1.54) is 12.1 Å². The van der Waals surface area contributed by atoms with Gasteiger partial charge in [0.1, 0.15) is 11.6 Å². The topological polar surface area (TPSA) is 67.6 Å². The Labute approximate surface area is 92.7 Å². The lowest BCUT2D eigenvalue weighted by Crippen LogP contribution is -2.06. The van der Waals surface area contributed by atoms with Crippen LogP contribution in [0.4, 0.5) is 4.39 Å². The normalized spacial score (nSPS) is 12.8. The van der Waals surface area contributed by atoms with Crippen molar-refractivity contribution in [3.63, 3.8) is 0 Å². The summed E-state index contributed by atoms with van der Waals surface area (Å²) in [5.74, 6) is 0.910. The Bertz CT molecular complexity index is 504. The molecule has 2 aromatic rings. The number of aromatic amines is 1. The fourth-order valence-electron chi connectivity index (χ4n) is 1.48. The van der Waals surface area contributed by atoms with Gasteiger partial charge in [0.15, 0.2) is 5.82 Å². The molecule has 0 amide bonds. The van der Waals surface area contributed by atoms with Gasteiger partial charge in [-0.05, 0) is 37.6 Å². The van der Waals surface area contributed by atoms with E-state index in [9.17, 15) is 4.39 Å². The SMILES string of the molecule is Cc1cc(F)ccc1-c1n[nH]c(C(C)N)n1. The van der Waals surface area contributed by atoms with E-state index in [1.54, 1.807) is 6.07 Å². The van der Waals surface area contributed by atoms with Crippen LogP contribution in [-0.4, -0.2) is 15.2 Å². The van der Waals surface area contributed by atoms with Gasteiger partial charge in [-0.25, -0.2) is 9.37 Å². The average molecular weight is 220 g/mol. The molecule has 1 aromatic heterocycles. The minimum atomic E-state index is -0.260. The highest BCUT2D eigenvalue weighted by Crippen LogP contribution is 2.21. The molecule has 84 valence electrons. The number of nitrogens with zero attached hydrogens (tertiary/aromatic N) is 2. The van der Waals surface area contributed by atoms with Crippen LogP contribution in [0.3, 0.4) is 0 Å². The van der Waals surface area contributed by atoms with Crippen LogP contribution in [0.15, 0.2) is 18.2 Å². The van der Waals surface area contributed by atoms with Gasteiger partial charge in [-0.3, -0.25) is 5.10 Å². The Morgan fingerprint density at radius 3 is 2.75 bits per heavy atom. The van der Waals surface area contributed by atoms with Crippen molar-refractivity contribution in [2.45, 2.75) is 19.9 Å². The number of rotatable bonds is 2. The molecule has 0 aliphatic heterocycles. The van der Waals surface area contributed by atoms with Gasteiger partial charge in [0.05, 0.1) is 6.04 Å². The third-order valence-corrected chi connectivity index (χ3v) is 2.36. The van der Waals surface area contributed by atoms with Gasteiger partial charge in [-0.2, -0.15) is 5.10 Å². The van der Waals surface area contributed by atoms with Gasteiger partial charge in [-0.15, -0.1) is 0 Å². The number of nitrogens with two attached hydrogens (primary N) is 1. The molecule has 0 spiro atoms. The molecule has 1 unspecified atom stereocenters. The second-order valence-electron chi connectivity index (χ2n) is 3.79. The Kier molecular flexibility index (Phi) is 2.70. The molecule has 0 radical (unpaired) electrons. The second-order valence-corrected chi connectivity index (χ2v) is 3.79. The maximum atomic E-state index is 12.9. The van der Waals surface area contributed by atoms with Crippen LogP contribution >= 0.6 is 0 Å². The summed E-state index contributed by atoms with van der Waals surface area (Å²) in [6.07, 6.45) is 0. The molecule has 0 saturated heterocycles. The smallest absolute Gasteiger partial charge is 0.181 e. The lowest BCUT2D eigenvalue weighted by Gasteiger charge is -2.00. The van der Waals surface area contributed by atoms with Gasteiger partial charge in [-0.1, -0.05) is 0 Å². The summed E-state index contributed by atoms with van der Waals surface area (Å²) in [7, 11) is 0. The summed E-state index contributed by atoms with van der Waals surface area (Å²) >= 11 is 0. The summed E-state index contributed by atoms with van der Waals surface area (Å²) in [4.78, 5) is 4.26. The molecule has 0 aliphatic rings. The molecule has 4 nitrogen and oxygen atoms in total. The highest BCUT2D eigenvalue weighted by atomic mass is 19.1. The average Bonchev–Trinajstić information content (AvgIpc) is 2.66. The van der Waals surface area contributed by atoms with Crippen LogP contribution < -0.4 is 5.73 Å². The highest BCUT2D eigenvalue weighted by Gasteiger charge is 2.10. The quantitative estimate of drug-likeness (QED) is 0.812. The van der Waals surface area contributed by atoms with Crippen LogP contribution in [0.1, 0.15) is 24.4 Å². The summed E-state index contributed by atoms with van der Waals surface area (Å²) in [6, 6.07) is 4.32. The zero-order valence-corrected chi connectivity index (χ0v) is 9.16. The molecule has 1 aromatic carbocycles. The highest BCUT2D eigenvalue weighted by molar-refractivity contribution is 5.59. The van der Waals surface area contributed by atoms with E-state index in [1.807, 2.05) is 13.8 Å². The van der Waals surface area contributed by atoms with Crippen molar-refractivity contribution >= 4 is 0 Å². The third kappa shape index (κ3) is 1.94. The van der Waals surface area contributed by atoms with Crippen LogP contribution in [0.2, 0.25) is 0 Å². The number of aryl methyl sites for hydroxylation is 1. The number of hydrogen-bond acceptors (Lipinski definition) is 3. The lowest BCUT2D eigenvalue weighted by molar-refractivity contribution is 0.627. The number of H-pyrrole nitrogens is 1. The molecule has 1 heterocycles. The zero-order valence-electron chi connectivity index (χ0n) is 9.16. The summed E-state index contributed by atoms with van der Waals surface area (Å²) in [5, 5.41) is 6.83. The van der Waals surface area contributed by atoms with Crippen molar-refractivity contribution in [2.75, 3.05) is 0 Å². The molecule has 0 fully saturated rings. The monoisotopic (exact) mass is 220 g/mol. The standard InChI is InChI=1S/C11H13FN4/c1-6-5-8(12)3-4-9(6)11-14-10(7(2)13)15-16-11/h3-5,7H,13H2,1-2H3,(H,14,15,16). The first kappa shape index (κ1) is 10.8. The van der Waals surface area contributed by atoms with Gasteiger partial charge in [0, 0.05) is 5.56 Å². The van der Waals surface area contributed by atoms with Crippen LogP contribution in [0.5, 0.6) is 0 Å². The lowest BCUT2D eigenvalue weighted by atomic mass is 10.1. The second kappa shape index (κ2) is 4.02. The van der Waals surface area contributed by atoms with Crippen molar-refractivity contribution in [1.29, 1.82) is 0 Å². The number of halogens is 1. The van der Waals surface area contributed by atoms with Gasteiger partial charge in [0.25, 0.3) is 0 Å². The Morgan fingerprint density at radius 2 is 2.19 bits per heavy atom. The van der Waals surface area contributed by atoms with Gasteiger partial charge in [0.2, 0.25) is 0 Å². The van der Waals surface area contributed by atoms with Crippen molar-refractivity contribution in [1.82, 2.24) is 15.2 Å². The summed E-state index contributed by atoms with van der Waals surface area (Å²) < 4.78 is 12.9. The van der Waals surface area contributed by atoms with Crippen molar-refractivity contribution in [2.24, 2.45) is 5.73 Å². The van der Waals surface area contributed by atoms with Crippen LogP contribution in [0.25, 0.3) is 11.4 Å². The van der Waals surface area contributed by atoms with Gasteiger partial charge < -0.3 is 5.73 Å². The van der Waals surface area contributed by atoms with E-state index >= 15 is 0 Å². The van der Waals surface area contributed by atoms with E-state index in [0.717, 1.165) is 11.1 Å². The molecule has 2 rings (SSSR count). The molecule has 1 atom stereocenters. The summed E-state index contributed by atoms with van der Waals surface area (Å²) in [6.45, 7) is 3.64. The molecule has 16 heavy (non-hydrogen) atoms. The summed E-state index contributed by atoms with van der Waals surface area (Å²) in [5.41, 5.74) is 7.28. The fourth-order valence-corrected chi connectivity index (χ4v) is 1.48. The molecular formula is C11H13FN4. The third-order valence-electron chi connectivity index (χ3n) is 2.36. The molecule has 3 N–H and O–H groups in total. The van der Waals surface area contributed by atoms with Crippen LogP contribution in [-0.2, 0) is 0 Å². The number of hydrogen-bond donors (Lipinski definition) is 2. The number of nitrogens with one attached hydrogen (secondary N) is 1. The first-order chi connectivity index (χ1) is 7.58. The molecule has 0 aliphatic carbocycles. The first-order valence-electron chi connectivity index (χ1n) is 5.02. The number of aromatic nitrogens is 3. The van der Waals surface area contributed by atoms with Gasteiger partial charge >= 0.3 is 0 Å². The van der Waals surface area contributed by atoms with E-state index in [4.69, 9.17) is 5.73 Å². The maximum absolute atomic E-state index is 12.9. The molecule has 0 bridgehead atoms. The van der Waals surface area contributed by atoms with E-state index < -0.39 is 0 Å². The van der Waals surface area contributed by atoms with Crippen molar-refractivity contribution in [3.8, 4) is 11.4 Å². The zero-order chi connectivity index (χ0) is 11.7. The minimum Gasteiger partial charge on any atom is -0.322 e. The number of benzene rings is 1. The Balaban J connectivity index is 2.42. The predicted octanol–water partition coefficient (Wildman–Crippen LogP) is 1.94.